The Balaban J connectivity index is 2.20. The summed E-state index contributed by atoms with van der Waals surface area (Å²) < 4.78 is 4.48. The van der Waals surface area contributed by atoms with E-state index in [4.69, 9.17) is 0 Å². The summed E-state index contributed by atoms with van der Waals surface area (Å²) >= 11 is 1.54. The molecule has 1 aliphatic heterocycles. The van der Waals surface area contributed by atoms with E-state index in [1.54, 1.807) is 11.5 Å². The standard InChI is InChI=1S/C12H21N3S/c1-8-6-7-15(9(8)2)11-13-10(14-16-11)12(3,4)5/h8-9H,6-7H2,1-5H3. The van der Waals surface area contributed by atoms with Crippen LogP contribution in [-0.2, 0) is 5.41 Å². The molecular weight excluding hydrogens is 218 g/mol. The van der Waals surface area contributed by atoms with E-state index in [1.165, 1.54) is 6.42 Å². The van der Waals surface area contributed by atoms with Gasteiger partial charge in [0.25, 0.3) is 0 Å². The molecule has 2 unspecified atom stereocenters. The molecule has 2 rings (SSSR count). The second-order valence-corrected chi connectivity index (χ2v) is 6.58. The number of aromatic nitrogens is 2. The minimum Gasteiger partial charge on any atom is -0.344 e. The summed E-state index contributed by atoms with van der Waals surface area (Å²) in [7, 11) is 0. The minimum absolute atomic E-state index is 0.0589. The van der Waals surface area contributed by atoms with Gasteiger partial charge in [-0.05, 0) is 19.3 Å². The second kappa shape index (κ2) is 3.99. The number of hydrogen-bond acceptors (Lipinski definition) is 4. The molecule has 0 bridgehead atoms. The summed E-state index contributed by atoms with van der Waals surface area (Å²) in [5, 5.41) is 1.10. The van der Waals surface area contributed by atoms with Crippen molar-refractivity contribution in [1.82, 2.24) is 9.36 Å². The maximum atomic E-state index is 4.68. The van der Waals surface area contributed by atoms with Gasteiger partial charge >= 0.3 is 0 Å². The largest absolute Gasteiger partial charge is 0.344 e. The molecule has 0 aromatic carbocycles. The zero-order chi connectivity index (χ0) is 11.9. The van der Waals surface area contributed by atoms with E-state index in [0.29, 0.717) is 6.04 Å². The van der Waals surface area contributed by atoms with Crippen LogP contribution in [0.1, 0.15) is 46.9 Å². The van der Waals surface area contributed by atoms with Crippen molar-refractivity contribution in [3.63, 3.8) is 0 Å². The Morgan fingerprint density at radius 1 is 1.31 bits per heavy atom. The summed E-state index contributed by atoms with van der Waals surface area (Å²) in [6.07, 6.45) is 1.27. The SMILES string of the molecule is CC1CCN(c2nc(C(C)(C)C)ns2)C1C. The highest BCUT2D eigenvalue weighted by Gasteiger charge is 2.30. The second-order valence-electron chi connectivity index (χ2n) is 5.85. The maximum absolute atomic E-state index is 4.68. The summed E-state index contributed by atoms with van der Waals surface area (Å²) in [6.45, 7) is 12.2. The summed E-state index contributed by atoms with van der Waals surface area (Å²) in [6, 6.07) is 0.598. The predicted octanol–water partition coefficient (Wildman–Crippen LogP) is 3.07. The molecule has 4 heteroatoms. The fourth-order valence-corrected chi connectivity index (χ4v) is 2.97. The van der Waals surface area contributed by atoms with Crippen molar-refractivity contribution in [3.05, 3.63) is 5.82 Å². The monoisotopic (exact) mass is 239 g/mol. The van der Waals surface area contributed by atoms with Crippen molar-refractivity contribution in [1.29, 1.82) is 0 Å². The molecule has 90 valence electrons. The van der Waals surface area contributed by atoms with Crippen LogP contribution < -0.4 is 4.90 Å². The van der Waals surface area contributed by atoms with Gasteiger partial charge in [0.15, 0.2) is 0 Å². The molecule has 1 aromatic rings. The smallest absolute Gasteiger partial charge is 0.205 e. The van der Waals surface area contributed by atoms with Crippen molar-refractivity contribution in [3.8, 4) is 0 Å². The van der Waals surface area contributed by atoms with Gasteiger partial charge in [-0.25, -0.2) is 4.98 Å². The molecule has 3 nitrogen and oxygen atoms in total. The van der Waals surface area contributed by atoms with Crippen molar-refractivity contribution in [2.75, 3.05) is 11.4 Å². The van der Waals surface area contributed by atoms with Crippen LogP contribution in [0.5, 0.6) is 0 Å². The van der Waals surface area contributed by atoms with Crippen molar-refractivity contribution in [2.45, 2.75) is 52.5 Å². The van der Waals surface area contributed by atoms with Gasteiger partial charge < -0.3 is 4.90 Å². The van der Waals surface area contributed by atoms with E-state index < -0.39 is 0 Å². The van der Waals surface area contributed by atoms with Gasteiger partial charge in [-0.15, -0.1) is 0 Å². The third kappa shape index (κ3) is 2.08. The van der Waals surface area contributed by atoms with E-state index in [1.807, 2.05) is 0 Å². The van der Waals surface area contributed by atoms with E-state index in [2.05, 4.69) is 48.9 Å². The average Bonchev–Trinajstić information content (AvgIpc) is 2.74. The molecule has 1 saturated heterocycles. The van der Waals surface area contributed by atoms with Gasteiger partial charge in [-0.1, -0.05) is 27.7 Å². The summed E-state index contributed by atoms with van der Waals surface area (Å²) in [4.78, 5) is 7.08. The molecule has 0 aliphatic carbocycles. The lowest BCUT2D eigenvalue weighted by Crippen LogP contribution is -2.29. The van der Waals surface area contributed by atoms with Gasteiger partial charge in [-0.2, -0.15) is 4.37 Å². The number of rotatable bonds is 1. The third-order valence-electron chi connectivity index (χ3n) is 3.47. The van der Waals surface area contributed by atoms with Crippen LogP contribution in [0, 0.1) is 5.92 Å². The molecule has 1 fully saturated rings. The van der Waals surface area contributed by atoms with E-state index in [-0.39, 0.29) is 5.41 Å². The highest BCUT2D eigenvalue weighted by Crippen LogP contribution is 2.32. The van der Waals surface area contributed by atoms with Gasteiger partial charge in [0.05, 0.1) is 0 Å². The van der Waals surface area contributed by atoms with Crippen LogP contribution in [0.4, 0.5) is 5.13 Å². The number of hydrogen-bond donors (Lipinski definition) is 0. The topological polar surface area (TPSA) is 29.0 Å². The Hall–Kier alpha value is -0.640. The quantitative estimate of drug-likeness (QED) is 0.754. The lowest BCUT2D eigenvalue weighted by Gasteiger charge is -2.22. The van der Waals surface area contributed by atoms with Crippen LogP contribution in [0.3, 0.4) is 0 Å². The van der Waals surface area contributed by atoms with E-state index in [9.17, 15) is 0 Å². The highest BCUT2D eigenvalue weighted by molar-refractivity contribution is 7.09. The predicted molar refractivity (Wildman–Crippen MR) is 69.2 cm³/mol. The normalized spacial score (nSPS) is 26.4. The zero-order valence-corrected chi connectivity index (χ0v) is 11.6. The van der Waals surface area contributed by atoms with Crippen LogP contribution in [-0.4, -0.2) is 21.9 Å². The van der Waals surface area contributed by atoms with Crippen LogP contribution in [0.2, 0.25) is 0 Å². The third-order valence-corrected chi connectivity index (χ3v) is 4.23. The first-order valence-electron chi connectivity index (χ1n) is 6.00. The molecule has 0 spiro atoms. The first-order chi connectivity index (χ1) is 7.39. The Bertz CT molecular complexity index is 367. The van der Waals surface area contributed by atoms with Crippen molar-refractivity contribution >= 4 is 16.7 Å². The van der Waals surface area contributed by atoms with E-state index in [0.717, 1.165) is 23.4 Å². The Morgan fingerprint density at radius 3 is 2.44 bits per heavy atom. The molecule has 2 heterocycles. The minimum atomic E-state index is 0.0589. The van der Waals surface area contributed by atoms with Crippen molar-refractivity contribution < 1.29 is 0 Å². The van der Waals surface area contributed by atoms with Gasteiger partial charge in [0, 0.05) is 29.5 Å². The maximum Gasteiger partial charge on any atom is 0.205 e. The van der Waals surface area contributed by atoms with Crippen LogP contribution >= 0.6 is 11.5 Å². The van der Waals surface area contributed by atoms with Crippen LogP contribution in [0.25, 0.3) is 0 Å². The summed E-state index contributed by atoms with van der Waals surface area (Å²) in [5.41, 5.74) is 0.0589. The molecule has 0 amide bonds. The molecule has 1 aromatic heterocycles. The lowest BCUT2D eigenvalue weighted by molar-refractivity contribution is 0.540. The molecule has 0 saturated carbocycles. The van der Waals surface area contributed by atoms with Crippen LogP contribution in [0.15, 0.2) is 0 Å². The van der Waals surface area contributed by atoms with E-state index >= 15 is 0 Å². The molecule has 16 heavy (non-hydrogen) atoms. The fourth-order valence-electron chi connectivity index (χ4n) is 2.00. The molecular formula is C12H21N3S. The Morgan fingerprint density at radius 2 is 2.00 bits per heavy atom. The average molecular weight is 239 g/mol. The molecule has 2 atom stereocenters. The molecule has 0 radical (unpaired) electrons. The number of nitrogens with zero attached hydrogens (tertiary/aromatic N) is 3. The van der Waals surface area contributed by atoms with Gasteiger partial charge in [0.2, 0.25) is 5.13 Å². The highest BCUT2D eigenvalue weighted by atomic mass is 32.1. The van der Waals surface area contributed by atoms with Gasteiger partial charge in [0.1, 0.15) is 5.82 Å². The lowest BCUT2D eigenvalue weighted by atomic mass is 9.96. The van der Waals surface area contributed by atoms with Crippen molar-refractivity contribution in [2.24, 2.45) is 5.92 Å². The Kier molecular flexibility index (Phi) is 2.95. The summed E-state index contributed by atoms with van der Waals surface area (Å²) in [5.74, 6) is 1.74. The fraction of sp³-hybridized carbons (Fsp3) is 0.833. The molecule has 1 aliphatic rings. The number of anilines is 1. The first kappa shape index (κ1) is 11.8. The van der Waals surface area contributed by atoms with Gasteiger partial charge in [-0.3, -0.25) is 0 Å². The first-order valence-corrected chi connectivity index (χ1v) is 6.78. The Labute approximate surface area is 102 Å². The zero-order valence-electron chi connectivity index (χ0n) is 10.8. The molecule has 0 N–H and O–H groups in total.